The third-order valence-electron chi connectivity index (χ3n) is 3.82. The van der Waals surface area contributed by atoms with Gasteiger partial charge in [0.2, 0.25) is 11.8 Å². The molecule has 0 unspecified atom stereocenters. The van der Waals surface area contributed by atoms with E-state index in [1.807, 2.05) is 0 Å². The lowest BCUT2D eigenvalue weighted by Crippen LogP contribution is -2.15. The molecule has 146 valence electrons. The van der Waals surface area contributed by atoms with Crippen molar-refractivity contribution < 1.29 is 19.0 Å². The third-order valence-corrected chi connectivity index (χ3v) is 3.82. The van der Waals surface area contributed by atoms with Crippen molar-refractivity contribution in [2.45, 2.75) is 0 Å². The van der Waals surface area contributed by atoms with E-state index >= 15 is 0 Å². The minimum atomic E-state index is -0.341. The first-order valence-corrected chi connectivity index (χ1v) is 8.77. The largest absolute Gasteiger partial charge is 0.486 e. The molecule has 0 radical (unpaired) electrons. The molecule has 0 atom stereocenters. The third kappa shape index (κ3) is 4.59. The predicted octanol–water partition coefficient (Wildman–Crippen LogP) is 3.30. The number of amides is 1. The highest BCUT2D eigenvalue weighted by Gasteiger charge is 2.13. The average Bonchev–Trinajstić information content (AvgIpc) is 2.74. The van der Waals surface area contributed by atoms with E-state index in [4.69, 9.17) is 14.2 Å². The molecular weight excluding hydrogens is 374 g/mol. The van der Waals surface area contributed by atoms with Gasteiger partial charge in [0.25, 0.3) is 0 Å². The van der Waals surface area contributed by atoms with Crippen LogP contribution in [-0.4, -0.2) is 34.1 Å². The Kier molecular flexibility index (Phi) is 5.19. The molecule has 1 aliphatic rings. The second-order valence-electron chi connectivity index (χ2n) is 5.88. The molecule has 2 aromatic heterocycles. The van der Waals surface area contributed by atoms with E-state index in [0.29, 0.717) is 53.8 Å². The number of rotatable bonds is 6. The van der Waals surface area contributed by atoms with Gasteiger partial charge in [-0.05, 0) is 30.3 Å². The molecule has 0 fully saturated rings. The van der Waals surface area contributed by atoms with Crippen molar-refractivity contribution in [2.75, 3.05) is 23.8 Å². The maximum atomic E-state index is 11.4. The zero-order valence-corrected chi connectivity index (χ0v) is 15.3. The van der Waals surface area contributed by atoms with Gasteiger partial charge in [0.15, 0.2) is 11.5 Å². The van der Waals surface area contributed by atoms with Gasteiger partial charge in [-0.2, -0.15) is 0 Å². The van der Waals surface area contributed by atoms with Crippen molar-refractivity contribution in [2.24, 2.45) is 0 Å². The molecule has 2 N–H and O–H groups in total. The van der Waals surface area contributed by atoms with Gasteiger partial charge in [-0.15, -0.1) is 0 Å². The number of ether oxygens (including phenoxy) is 3. The van der Waals surface area contributed by atoms with Gasteiger partial charge < -0.3 is 24.8 Å². The predicted molar refractivity (Wildman–Crippen MR) is 106 cm³/mol. The summed E-state index contributed by atoms with van der Waals surface area (Å²) in [4.78, 5) is 24.0. The maximum absolute atomic E-state index is 11.4. The van der Waals surface area contributed by atoms with Gasteiger partial charge in [0, 0.05) is 12.1 Å². The van der Waals surface area contributed by atoms with Crippen LogP contribution in [0.1, 0.15) is 0 Å². The molecule has 1 aliphatic heterocycles. The summed E-state index contributed by atoms with van der Waals surface area (Å²) in [7, 11) is 0. The van der Waals surface area contributed by atoms with Crippen LogP contribution in [0.15, 0.2) is 61.4 Å². The second kappa shape index (κ2) is 8.26. The molecule has 3 heterocycles. The first-order chi connectivity index (χ1) is 14.2. The summed E-state index contributed by atoms with van der Waals surface area (Å²) in [5.41, 5.74) is 0. The Morgan fingerprint density at radius 1 is 1.03 bits per heavy atom. The Morgan fingerprint density at radius 2 is 1.86 bits per heavy atom. The van der Waals surface area contributed by atoms with E-state index in [0.717, 1.165) is 0 Å². The standard InChI is InChI=1S/C20H17N5O4/c1-2-19(26)25-17-5-3-4-16(23-17)24-18-11-20(22-12-21-18)29-13-6-7-14-15(10-13)28-9-8-27-14/h2-7,10-12H,1,8-9H2,(H2,21,22,23,24,25,26). The molecule has 3 aromatic rings. The van der Waals surface area contributed by atoms with E-state index < -0.39 is 0 Å². The smallest absolute Gasteiger partial charge is 0.248 e. The van der Waals surface area contributed by atoms with Gasteiger partial charge in [-0.25, -0.2) is 15.0 Å². The number of fused-ring (bicyclic) bond motifs is 1. The molecule has 29 heavy (non-hydrogen) atoms. The molecule has 9 nitrogen and oxygen atoms in total. The Morgan fingerprint density at radius 3 is 2.72 bits per heavy atom. The van der Waals surface area contributed by atoms with Crippen LogP contribution in [0.5, 0.6) is 23.1 Å². The zero-order chi connectivity index (χ0) is 20.1. The highest BCUT2D eigenvalue weighted by molar-refractivity contribution is 5.98. The fourth-order valence-corrected chi connectivity index (χ4v) is 2.55. The number of nitrogens with zero attached hydrogens (tertiary/aromatic N) is 3. The lowest BCUT2D eigenvalue weighted by atomic mass is 10.3. The number of benzene rings is 1. The van der Waals surface area contributed by atoms with Gasteiger partial charge in [-0.1, -0.05) is 12.6 Å². The SMILES string of the molecule is C=CC(=O)Nc1cccc(Nc2cc(Oc3ccc4c(c3)OCCO4)ncn2)n1. The maximum Gasteiger partial charge on any atom is 0.248 e. The van der Waals surface area contributed by atoms with Crippen LogP contribution >= 0.6 is 0 Å². The summed E-state index contributed by atoms with van der Waals surface area (Å²) in [6.07, 6.45) is 2.55. The molecule has 4 rings (SSSR count). The lowest BCUT2D eigenvalue weighted by molar-refractivity contribution is -0.111. The first-order valence-electron chi connectivity index (χ1n) is 8.77. The molecular formula is C20H17N5O4. The minimum Gasteiger partial charge on any atom is -0.486 e. The van der Waals surface area contributed by atoms with Crippen molar-refractivity contribution in [3.8, 4) is 23.1 Å². The molecule has 1 amide bonds. The molecule has 9 heteroatoms. The van der Waals surface area contributed by atoms with Crippen LogP contribution in [0.2, 0.25) is 0 Å². The van der Waals surface area contributed by atoms with Crippen molar-refractivity contribution in [1.82, 2.24) is 15.0 Å². The summed E-state index contributed by atoms with van der Waals surface area (Å²) in [6.45, 7) is 4.44. The van der Waals surface area contributed by atoms with Crippen LogP contribution in [-0.2, 0) is 4.79 Å². The van der Waals surface area contributed by atoms with Crippen molar-refractivity contribution >= 4 is 23.4 Å². The lowest BCUT2D eigenvalue weighted by Gasteiger charge is -2.18. The Labute approximate surface area is 166 Å². The molecule has 0 saturated heterocycles. The Balaban J connectivity index is 1.47. The van der Waals surface area contributed by atoms with Crippen LogP contribution in [0.4, 0.5) is 17.5 Å². The summed E-state index contributed by atoms with van der Waals surface area (Å²) >= 11 is 0. The number of pyridine rings is 1. The second-order valence-corrected chi connectivity index (χ2v) is 5.88. The monoisotopic (exact) mass is 391 g/mol. The molecule has 1 aromatic carbocycles. The highest BCUT2D eigenvalue weighted by atomic mass is 16.6. The number of hydrogen-bond donors (Lipinski definition) is 2. The van der Waals surface area contributed by atoms with Crippen LogP contribution in [0.3, 0.4) is 0 Å². The fourth-order valence-electron chi connectivity index (χ4n) is 2.55. The molecule has 0 bridgehead atoms. The zero-order valence-electron chi connectivity index (χ0n) is 15.3. The van der Waals surface area contributed by atoms with Gasteiger partial charge in [0.1, 0.15) is 42.7 Å². The normalized spacial score (nSPS) is 12.0. The van der Waals surface area contributed by atoms with Crippen LogP contribution in [0.25, 0.3) is 0 Å². The summed E-state index contributed by atoms with van der Waals surface area (Å²) in [5.74, 6) is 3.24. The minimum absolute atomic E-state index is 0.341. The molecule has 0 spiro atoms. The summed E-state index contributed by atoms with van der Waals surface area (Å²) in [6, 6.07) is 12.1. The number of anilines is 3. The summed E-state index contributed by atoms with van der Waals surface area (Å²) in [5, 5.41) is 5.65. The summed E-state index contributed by atoms with van der Waals surface area (Å²) < 4.78 is 16.9. The highest BCUT2D eigenvalue weighted by Crippen LogP contribution is 2.35. The topological polar surface area (TPSA) is 107 Å². The van der Waals surface area contributed by atoms with E-state index in [1.54, 1.807) is 42.5 Å². The van der Waals surface area contributed by atoms with Gasteiger partial charge >= 0.3 is 0 Å². The number of carbonyl (C=O) groups excluding carboxylic acids is 1. The average molecular weight is 391 g/mol. The van der Waals surface area contributed by atoms with E-state index in [2.05, 4.69) is 32.2 Å². The Hall–Kier alpha value is -4.14. The van der Waals surface area contributed by atoms with E-state index in [9.17, 15) is 4.79 Å². The van der Waals surface area contributed by atoms with E-state index in [1.165, 1.54) is 12.4 Å². The first kappa shape index (κ1) is 18.2. The van der Waals surface area contributed by atoms with Crippen LogP contribution < -0.4 is 24.8 Å². The number of hydrogen-bond acceptors (Lipinski definition) is 8. The number of carbonyl (C=O) groups is 1. The van der Waals surface area contributed by atoms with Crippen molar-refractivity contribution in [1.29, 1.82) is 0 Å². The number of nitrogens with one attached hydrogen (secondary N) is 2. The van der Waals surface area contributed by atoms with Crippen molar-refractivity contribution in [3.63, 3.8) is 0 Å². The van der Waals surface area contributed by atoms with Crippen molar-refractivity contribution in [3.05, 3.63) is 61.4 Å². The van der Waals surface area contributed by atoms with E-state index in [-0.39, 0.29) is 5.91 Å². The molecule has 0 saturated carbocycles. The van der Waals surface area contributed by atoms with Crippen LogP contribution in [0, 0.1) is 0 Å². The fraction of sp³-hybridized carbons (Fsp3) is 0.100. The number of aromatic nitrogens is 3. The quantitative estimate of drug-likeness (QED) is 0.616. The Bertz CT molecular complexity index is 1060. The van der Waals surface area contributed by atoms with Gasteiger partial charge in [0.05, 0.1) is 0 Å². The van der Waals surface area contributed by atoms with Gasteiger partial charge in [-0.3, -0.25) is 4.79 Å². The molecule has 0 aliphatic carbocycles.